The van der Waals surface area contributed by atoms with Gasteiger partial charge in [-0.05, 0) is 57.8 Å². The van der Waals surface area contributed by atoms with E-state index in [1.807, 2.05) is 13.8 Å². The maximum Gasteiger partial charge on any atom is 0.220 e. The van der Waals surface area contributed by atoms with Gasteiger partial charge in [0, 0.05) is 38.3 Å². The third-order valence-electron chi connectivity index (χ3n) is 7.84. The Morgan fingerprint density at radius 3 is 1.29 bits per heavy atom. The molecule has 0 radical (unpaired) electrons. The molecule has 242 valence electrons. The van der Waals surface area contributed by atoms with Crippen molar-refractivity contribution >= 4 is 17.6 Å². The molecule has 0 aromatic rings. The van der Waals surface area contributed by atoms with Crippen molar-refractivity contribution in [3.63, 3.8) is 0 Å². The molecule has 0 aromatic heterocycles. The van der Waals surface area contributed by atoms with Crippen LogP contribution >= 0.6 is 0 Å². The maximum absolute atomic E-state index is 12.1. The quantitative estimate of drug-likeness (QED) is 0.0867. The summed E-state index contributed by atoms with van der Waals surface area (Å²) in [6.07, 6.45) is 27.7. The molecule has 0 atom stereocenters. The molecule has 41 heavy (non-hydrogen) atoms. The highest BCUT2D eigenvalue weighted by Gasteiger charge is 2.09. The van der Waals surface area contributed by atoms with Crippen molar-refractivity contribution in [2.75, 3.05) is 6.54 Å². The molecule has 2 N–H and O–H groups in total. The Morgan fingerprint density at radius 1 is 0.488 bits per heavy atom. The number of hydrogen-bond acceptors (Lipinski definition) is 3. The predicted molar refractivity (Wildman–Crippen MR) is 176 cm³/mol. The second kappa shape index (κ2) is 27.4. The molecular formula is C36H70N2O3. The molecule has 0 aliphatic heterocycles. The van der Waals surface area contributed by atoms with Crippen LogP contribution in [0.3, 0.4) is 0 Å². The molecule has 0 saturated heterocycles. The van der Waals surface area contributed by atoms with E-state index >= 15 is 0 Å². The first kappa shape index (κ1) is 39.6. The minimum Gasteiger partial charge on any atom is -0.356 e. The van der Waals surface area contributed by atoms with Crippen LogP contribution in [0.15, 0.2) is 0 Å². The van der Waals surface area contributed by atoms with E-state index in [4.69, 9.17) is 0 Å². The molecule has 2 amide bonds. The van der Waals surface area contributed by atoms with E-state index in [1.165, 1.54) is 89.9 Å². The molecule has 0 fully saturated rings. The second-order valence-electron chi connectivity index (χ2n) is 14.0. The summed E-state index contributed by atoms with van der Waals surface area (Å²) >= 11 is 0. The van der Waals surface area contributed by atoms with Crippen LogP contribution in [0.4, 0.5) is 0 Å². The van der Waals surface area contributed by atoms with Gasteiger partial charge in [-0.3, -0.25) is 14.4 Å². The molecule has 0 spiro atoms. The van der Waals surface area contributed by atoms with Crippen molar-refractivity contribution in [2.24, 2.45) is 5.41 Å². The van der Waals surface area contributed by atoms with Crippen molar-refractivity contribution < 1.29 is 14.4 Å². The number of carbonyl (C=O) groups excluding carboxylic acids is 3. The number of unbranched alkanes of at least 4 members (excludes halogenated alkanes) is 17. The number of nitrogens with one attached hydrogen (secondary N) is 2. The lowest BCUT2D eigenvalue weighted by atomic mass is 9.89. The molecular weight excluding hydrogens is 508 g/mol. The van der Waals surface area contributed by atoms with Gasteiger partial charge in [-0.15, -0.1) is 0 Å². The minimum absolute atomic E-state index is 0.165. The van der Waals surface area contributed by atoms with Crippen LogP contribution in [-0.2, 0) is 14.4 Å². The fourth-order valence-corrected chi connectivity index (χ4v) is 5.31. The average Bonchev–Trinajstić information content (AvgIpc) is 2.89. The van der Waals surface area contributed by atoms with Crippen molar-refractivity contribution in [3.8, 4) is 0 Å². The Balaban J connectivity index is 3.30. The Bertz CT molecular complexity index is 639. The Hall–Kier alpha value is -1.39. The summed E-state index contributed by atoms with van der Waals surface area (Å²) in [5, 5.41) is 6.02. The lowest BCUT2D eigenvalue weighted by Gasteiger charge is -2.17. The van der Waals surface area contributed by atoms with Gasteiger partial charge in [0.05, 0.1) is 0 Å². The van der Waals surface area contributed by atoms with Crippen LogP contribution in [-0.4, -0.2) is 30.2 Å². The summed E-state index contributed by atoms with van der Waals surface area (Å²) in [6.45, 7) is 11.7. The summed E-state index contributed by atoms with van der Waals surface area (Å²) in [6, 6.07) is 0.228. The first-order valence-electron chi connectivity index (χ1n) is 17.7. The number of Topliss-reactive ketones (excluding diaryl/α,β-unsaturated/α-hetero) is 1. The van der Waals surface area contributed by atoms with E-state index in [-0.39, 0.29) is 17.9 Å². The minimum atomic E-state index is 0.165. The first-order chi connectivity index (χ1) is 19.6. The van der Waals surface area contributed by atoms with Gasteiger partial charge in [0.2, 0.25) is 11.8 Å². The first-order valence-corrected chi connectivity index (χ1v) is 17.7. The normalized spacial score (nSPS) is 11.7. The number of ketones is 1. The van der Waals surface area contributed by atoms with E-state index in [1.54, 1.807) is 0 Å². The van der Waals surface area contributed by atoms with Gasteiger partial charge >= 0.3 is 0 Å². The highest BCUT2D eigenvalue weighted by molar-refractivity contribution is 5.78. The van der Waals surface area contributed by atoms with Crippen LogP contribution in [0.25, 0.3) is 0 Å². The molecule has 0 aromatic carbocycles. The van der Waals surface area contributed by atoms with Crippen LogP contribution in [0.5, 0.6) is 0 Å². The topological polar surface area (TPSA) is 75.3 Å². The summed E-state index contributed by atoms with van der Waals surface area (Å²) in [4.78, 5) is 35.7. The van der Waals surface area contributed by atoms with Gasteiger partial charge < -0.3 is 10.6 Å². The molecule has 5 heteroatoms. The SMILES string of the molecule is CC(C)NC(=O)CCCCCCCCC(=O)CCCCCCCCCCCCC(=O)NCCCCCCC(C)(C)C. The van der Waals surface area contributed by atoms with Gasteiger partial charge in [-0.1, -0.05) is 117 Å². The molecule has 0 aliphatic carbocycles. The largest absolute Gasteiger partial charge is 0.356 e. The van der Waals surface area contributed by atoms with Crippen LogP contribution in [0.1, 0.15) is 195 Å². The zero-order valence-corrected chi connectivity index (χ0v) is 28.2. The van der Waals surface area contributed by atoms with Crippen LogP contribution < -0.4 is 10.6 Å². The van der Waals surface area contributed by atoms with Gasteiger partial charge in [-0.2, -0.15) is 0 Å². The summed E-state index contributed by atoms with van der Waals surface area (Å²) in [5.41, 5.74) is 0.439. The second-order valence-corrected chi connectivity index (χ2v) is 14.0. The molecule has 0 saturated carbocycles. The van der Waals surface area contributed by atoms with Crippen LogP contribution in [0.2, 0.25) is 0 Å². The van der Waals surface area contributed by atoms with Crippen LogP contribution in [0, 0.1) is 5.41 Å². The van der Waals surface area contributed by atoms with Crippen molar-refractivity contribution in [1.29, 1.82) is 0 Å². The lowest BCUT2D eigenvalue weighted by Crippen LogP contribution is -2.29. The van der Waals surface area contributed by atoms with E-state index in [0.717, 1.165) is 64.3 Å². The highest BCUT2D eigenvalue weighted by atomic mass is 16.2. The third-order valence-corrected chi connectivity index (χ3v) is 7.84. The van der Waals surface area contributed by atoms with Gasteiger partial charge in [0.15, 0.2) is 0 Å². The van der Waals surface area contributed by atoms with Gasteiger partial charge in [0.25, 0.3) is 0 Å². The number of hydrogen-bond donors (Lipinski definition) is 2. The van der Waals surface area contributed by atoms with Gasteiger partial charge in [0.1, 0.15) is 5.78 Å². The lowest BCUT2D eigenvalue weighted by molar-refractivity contribution is -0.122. The number of rotatable bonds is 29. The molecule has 0 aliphatic rings. The van der Waals surface area contributed by atoms with E-state index in [2.05, 4.69) is 31.4 Å². The molecule has 0 heterocycles. The smallest absolute Gasteiger partial charge is 0.220 e. The molecule has 0 bridgehead atoms. The Kier molecular flexibility index (Phi) is 26.5. The number of amides is 2. The van der Waals surface area contributed by atoms with E-state index < -0.39 is 0 Å². The maximum atomic E-state index is 12.1. The fraction of sp³-hybridized carbons (Fsp3) is 0.917. The zero-order valence-electron chi connectivity index (χ0n) is 28.2. The summed E-state index contributed by atoms with van der Waals surface area (Å²) in [5.74, 6) is 0.836. The molecule has 0 rings (SSSR count). The zero-order chi connectivity index (χ0) is 30.6. The third kappa shape index (κ3) is 33.0. The molecule has 0 unspecified atom stereocenters. The number of carbonyl (C=O) groups is 3. The van der Waals surface area contributed by atoms with Crippen molar-refractivity contribution in [1.82, 2.24) is 10.6 Å². The molecule has 5 nitrogen and oxygen atoms in total. The highest BCUT2D eigenvalue weighted by Crippen LogP contribution is 2.22. The average molecular weight is 579 g/mol. The summed E-state index contributed by atoms with van der Waals surface area (Å²) in [7, 11) is 0. The van der Waals surface area contributed by atoms with Crippen molar-refractivity contribution in [2.45, 2.75) is 201 Å². The predicted octanol–water partition coefficient (Wildman–Crippen LogP) is 9.99. The fourth-order valence-electron chi connectivity index (χ4n) is 5.31. The van der Waals surface area contributed by atoms with Gasteiger partial charge in [-0.25, -0.2) is 0 Å². The Labute approximate surface area is 255 Å². The van der Waals surface area contributed by atoms with E-state index in [9.17, 15) is 14.4 Å². The summed E-state index contributed by atoms with van der Waals surface area (Å²) < 4.78 is 0. The standard InChI is InChI=1S/C36H70N2O3/c1-32(2)38-35(41)29-23-17-13-12-15-21-27-33(39)26-20-14-10-8-6-7-9-11-16-22-28-34(40)37-31-25-19-18-24-30-36(3,4)5/h32H,6-31H2,1-5H3,(H,37,40)(H,38,41). The van der Waals surface area contributed by atoms with E-state index in [0.29, 0.717) is 24.0 Å². The van der Waals surface area contributed by atoms with Crippen molar-refractivity contribution in [3.05, 3.63) is 0 Å². The Morgan fingerprint density at radius 2 is 0.854 bits per heavy atom. The monoisotopic (exact) mass is 579 g/mol.